The van der Waals surface area contributed by atoms with Gasteiger partial charge in [-0.25, -0.2) is 0 Å². The molecular weight excluding hydrogens is 688 g/mol. The summed E-state index contributed by atoms with van der Waals surface area (Å²) < 4.78 is 12.0. The topological polar surface area (TPSA) is 267 Å². The van der Waals surface area contributed by atoms with Crippen LogP contribution < -0.4 is 47.9 Å². The number of likely N-dealkylation sites (N-methyl/N-ethyl adjacent to an activating group) is 1. The molecule has 0 radical (unpaired) electrons. The van der Waals surface area contributed by atoms with Gasteiger partial charge in [-0.05, 0) is 56.2 Å². The largest absolute Gasteiger partial charge is 0.492 e. The van der Waals surface area contributed by atoms with Crippen molar-refractivity contribution in [1.29, 1.82) is 0 Å². The van der Waals surface area contributed by atoms with Crippen LogP contribution in [0.5, 0.6) is 11.5 Å². The Hall–Kier alpha value is -5.55. The number of primary amides is 1. The molecule has 0 aliphatic carbocycles. The number of carbonyl (C=O) groups is 7. The monoisotopic (exact) mass is 738 g/mol. The molecule has 288 valence electrons. The molecule has 2 aromatic rings. The quantitative estimate of drug-likeness (QED) is 0.112. The van der Waals surface area contributed by atoms with E-state index in [1.165, 1.54) is 39.6 Å². The standard InChI is InChI=1S/C36H50N8O9/c1-19(21(3)45)40-35(50)28-15-23-6-8-30(52-12-10-37)25(14-23)26-16-24(7-9-31(26)53-13-11-38)27(34(49)41-20(2)33(48)43-28)18-44(5)36(51)29(17-32(39)47)42-22(4)46/h6-9,14,16,19-20,27-29H,10-13,15,17-18,37-38H2,1-5H3,(H2,39,47)(H,40,50)(H,41,49)(H,42,46)(H,43,48)/t19-,20-,27-,28-,29-/m0/s1. The second kappa shape index (κ2) is 19.3. The predicted octanol–water partition coefficient (Wildman–Crippen LogP) is -1.41. The molecule has 10 N–H and O–H groups in total. The summed E-state index contributed by atoms with van der Waals surface area (Å²) in [6.07, 6.45) is -0.474. The van der Waals surface area contributed by atoms with E-state index < -0.39 is 71.9 Å². The minimum Gasteiger partial charge on any atom is -0.492 e. The maximum absolute atomic E-state index is 14.1. The normalized spacial score (nSPS) is 18.2. The molecule has 0 spiro atoms. The number of rotatable bonds is 15. The van der Waals surface area contributed by atoms with Gasteiger partial charge in [-0.3, -0.25) is 33.6 Å². The lowest BCUT2D eigenvalue weighted by Gasteiger charge is -2.29. The minimum atomic E-state index is -1.29. The van der Waals surface area contributed by atoms with Gasteiger partial charge in [-0.1, -0.05) is 12.1 Å². The van der Waals surface area contributed by atoms with E-state index in [4.69, 9.17) is 26.7 Å². The van der Waals surface area contributed by atoms with Gasteiger partial charge in [-0.15, -0.1) is 0 Å². The van der Waals surface area contributed by atoms with Crippen LogP contribution in [0, 0.1) is 0 Å². The van der Waals surface area contributed by atoms with Gasteiger partial charge in [0.05, 0.1) is 18.4 Å². The highest BCUT2D eigenvalue weighted by molar-refractivity contribution is 5.96. The van der Waals surface area contributed by atoms with E-state index in [-0.39, 0.29) is 45.1 Å². The molecule has 53 heavy (non-hydrogen) atoms. The summed E-state index contributed by atoms with van der Waals surface area (Å²) in [7, 11) is 1.40. The Morgan fingerprint density at radius 3 is 2.08 bits per heavy atom. The molecule has 1 heterocycles. The summed E-state index contributed by atoms with van der Waals surface area (Å²) in [6.45, 7) is 5.93. The van der Waals surface area contributed by atoms with Crippen molar-refractivity contribution in [3.8, 4) is 22.6 Å². The van der Waals surface area contributed by atoms with Crippen molar-refractivity contribution in [2.24, 2.45) is 17.2 Å². The highest BCUT2D eigenvalue weighted by atomic mass is 16.5. The fourth-order valence-corrected chi connectivity index (χ4v) is 5.63. The first-order chi connectivity index (χ1) is 25.1. The average Bonchev–Trinajstić information content (AvgIpc) is 3.10. The van der Waals surface area contributed by atoms with Gasteiger partial charge < -0.3 is 52.8 Å². The highest BCUT2D eigenvalue weighted by Gasteiger charge is 2.33. The Bertz CT molecular complexity index is 1680. The van der Waals surface area contributed by atoms with E-state index in [0.717, 1.165) is 0 Å². The number of amides is 6. The van der Waals surface area contributed by atoms with Crippen LogP contribution >= 0.6 is 0 Å². The molecule has 17 heteroatoms. The summed E-state index contributed by atoms with van der Waals surface area (Å²) >= 11 is 0. The predicted molar refractivity (Wildman–Crippen MR) is 194 cm³/mol. The van der Waals surface area contributed by atoms with E-state index >= 15 is 0 Å². The van der Waals surface area contributed by atoms with Crippen LogP contribution in [0.1, 0.15) is 51.2 Å². The highest BCUT2D eigenvalue weighted by Crippen LogP contribution is 2.40. The first-order valence-corrected chi connectivity index (χ1v) is 17.2. The number of carbonyl (C=O) groups excluding carboxylic acids is 7. The fourth-order valence-electron chi connectivity index (χ4n) is 5.63. The van der Waals surface area contributed by atoms with Crippen molar-refractivity contribution >= 4 is 41.2 Å². The van der Waals surface area contributed by atoms with E-state index in [9.17, 15) is 33.6 Å². The molecule has 1 aliphatic rings. The molecule has 0 unspecified atom stereocenters. The van der Waals surface area contributed by atoms with Gasteiger partial charge in [-0.2, -0.15) is 0 Å². The third kappa shape index (κ3) is 11.7. The molecule has 0 fully saturated rings. The van der Waals surface area contributed by atoms with Gasteiger partial charge in [0.2, 0.25) is 35.4 Å². The maximum atomic E-state index is 14.1. The Morgan fingerprint density at radius 1 is 0.906 bits per heavy atom. The van der Waals surface area contributed by atoms with Crippen molar-refractivity contribution in [1.82, 2.24) is 26.2 Å². The van der Waals surface area contributed by atoms with Crippen molar-refractivity contribution in [3.05, 3.63) is 47.5 Å². The third-order valence-corrected chi connectivity index (χ3v) is 8.51. The summed E-state index contributed by atoms with van der Waals surface area (Å²) in [5, 5.41) is 10.4. The number of fused-ring (bicyclic) bond motifs is 5. The fraction of sp³-hybridized carbons (Fsp3) is 0.472. The van der Waals surface area contributed by atoms with Crippen LogP contribution in [0.2, 0.25) is 0 Å². The average molecular weight is 739 g/mol. The van der Waals surface area contributed by atoms with Gasteiger partial charge in [0.15, 0.2) is 5.78 Å². The van der Waals surface area contributed by atoms with E-state index in [0.29, 0.717) is 33.8 Å². The number of hydrogen-bond donors (Lipinski definition) is 7. The van der Waals surface area contributed by atoms with E-state index in [2.05, 4.69) is 21.3 Å². The van der Waals surface area contributed by atoms with Crippen molar-refractivity contribution in [2.75, 3.05) is 39.9 Å². The van der Waals surface area contributed by atoms with Gasteiger partial charge in [0.25, 0.3) is 0 Å². The first kappa shape index (κ1) is 41.9. The van der Waals surface area contributed by atoms with Crippen molar-refractivity contribution < 1.29 is 43.0 Å². The summed E-state index contributed by atoms with van der Waals surface area (Å²) in [5.41, 5.74) is 18.9. The Morgan fingerprint density at radius 2 is 1.51 bits per heavy atom. The SMILES string of the molecule is CC(=O)N[C@@H](CC(N)=O)C(=O)N(C)C[C@@H]1C(=O)N[C@@H](C)C(=O)N[C@H](C(=O)N[C@@H](C)C(C)=O)Cc2ccc(OCCN)c(c2)-c2cc1ccc2OCCN. The lowest BCUT2D eigenvalue weighted by atomic mass is 9.91. The molecule has 4 bridgehead atoms. The number of hydrogen-bond acceptors (Lipinski definition) is 11. The Kier molecular flexibility index (Phi) is 15.3. The smallest absolute Gasteiger partial charge is 0.245 e. The summed E-state index contributed by atoms with van der Waals surface area (Å²) in [6, 6.07) is 5.75. The van der Waals surface area contributed by atoms with Crippen LogP contribution in [0.4, 0.5) is 0 Å². The zero-order valence-corrected chi connectivity index (χ0v) is 30.7. The van der Waals surface area contributed by atoms with Crippen LogP contribution in [-0.4, -0.2) is 110 Å². The number of ketones is 1. The summed E-state index contributed by atoms with van der Waals surface area (Å²) in [4.78, 5) is 91.5. The van der Waals surface area contributed by atoms with E-state index in [1.807, 2.05) is 0 Å². The van der Waals surface area contributed by atoms with Crippen LogP contribution in [0.15, 0.2) is 36.4 Å². The second-order valence-corrected chi connectivity index (χ2v) is 12.9. The van der Waals surface area contributed by atoms with Gasteiger partial charge in [0, 0.05) is 51.2 Å². The first-order valence-electron chi connectivity index (χ1n) is 17.2. The van der Waals surface area contributed by atoms with Crippen LogP contribution in [0.25, 0.3) is 11.1 Å². The molecule has 6 amide bonds. The Labute approximate surface area is 308 Å². The van der Waals surface area contributed by atoms with Crippen LogP contribution in [0.3, 0.4) is 0 Å². The van der Waals surface area contributed by atoms with E-state index in [1.54, 1.807) is 36.4 Å². The van der Waals surface area contributed by atoms with Crippen LogP contribution in [-0.2, 0) is 40.0 Å². The molecule has 17 nitrogen and oxygen atoms in total. The molecule has 3 rings (SSSR count). The number of benzene rings is 2. The maximum Gasteiger partial charge on any atom is 0.245 e. The van der Waals surface area contributed by atoms with Crippen molar-refractivity contribution in [3.63, 3.8) is 0 Å². The molecular formula is C36H50N8O9. The molecule has 0 saturated heterocycles. The molecule has 5 atom stereocenters. The summed E-state index contributed by atoms with van der Waals surface area (Å²) in [5.74, 6) is -4.64. The zero-order chi connectivity index (χ0) is 39.4. The number of Topliss-reactive ketones (excluding diaryl/α,β-unsaturated/α-hetero) is 1. The second-order valence-electron chi connectivity index (χ2n) is 12.9. The third-order valence-electron chi connectivity index (χ3n) is 8.51. The van der Waals surface area contributed by atoms with Gasteiger partial charge in [0.1, 0.15) is 42.8 Å². The Balaban J connectivity index is 2.25. The lowest BCUT2D eigenvalue weighted by molar-refractivity contribution is -0.138. The number of ether oxygens (including phenoxy) is 2. The number of nitrogens with two attached hydrogens (primary N) is 3. The minimum absolute atomic E-state index is 0.00200. The molecule has 0 saturated carbocycles. The van der Waals surface area contributed by atoms with Crippen molar-refractivity contribution in [2.45, 2.75) is 70.6 Å². The molecule has 1 aliphatic heterocycles. The molecule has 2 aromatic carbocycles. The molecule has 0 aromatic heterocycles. The lowest BCUT2D eigenvalue weighted by Crippen LogP contribution is -2.56. The number of nitrogens with zero attached hydrogens (tertiary/aromatic N) is 1. The van der Waals surface area contributed by atoms with Gasteiger partial charge >= 0.3 is 0 Å². The number of nitrogens with one attached hydrogen (secondary N) is 4. The zero-order valence-electron chi connectivity index (χ0n) is 30.7.